The first-order chi connectivity index (χ1) is 14.6. The predicted molar refractivity (Wildman–Crippen MR) is 119 cm³/mol. The molecule has 5 nitrogen and oxygen atoms in total. The molecular weight excluding hydrogens is 376 g/mol. The summed E-state index contributed by atoms with van der Waals surface area (Å²) >= 11 is 0. The minimum absolute atomic E-state index is 0.351. The zero-order valence-corrected chi connectivity index (χ0v) is 18.3. The highest BCUT2D eigenvalue weighted by Gasteiger charge is 2.45. The van der Waals surface area contributed by atoms with Gasteiger partial charge in [0.05, 0.1) is 6.61 Å². The number of hydrogen-bond donors (Lipinski definition) is 0. The summed E-state index contributed by atoms with van der Waals surface area (Å²) in [6.45, 7) is 4.43. The fraction of sp³-hybridized carbons (Fsp3) is 0.480. The summed E-state index contributed by atoms with van der Waals surface area (Å²) in [5, 5.41) is 0. The molecule has 0 bridgehead atoms. The molecule has 3 rings (SSSR count). The Labute approximate surface area is 180 Å². The number of carbonyl (C=O) groups is 1. The lowest BCUT2D eigenvalue weighted by molar-refractivity contribution is -0.169. The third-order valence-corrected chi connectivity index (χ3v) is 5.59. The molecule has 1 fully saturated rings. The standard InChI is InChI=1S/C25H34N2O3/c1-26(2)18-21-30-25(22-12-6-3-7-13-22,23-14-8-4-9-15-23)24(28)29-20-19-27-16-10-5-11-17-27/h3-4,6-9,12-15H,5,10-11,16-21H2,1-2H3. The van der Waals surface area contributed by atoms with Crippen LogP contribution in [0.2, 0.25) is 0 Å². The van der Waals surface area contributed by atoms with E-state index in [0.717, 1.165) is 30.8 Å². The Kier molecular flexibility index (Phi) is 8.43. The summed E-state index contributed by atoms with van der Waals surface area (Å²) < 4.78 is 12.2. The Bertz CT molecular complexity index is 719. The van der Waals surface area contributed by atoms with Crippen molar-refractivity contribution in [2.75, 3.05) is 53.5 Å². The number of benzene rings is 2. The van der Waals surface area contributed by atoms with Crippen molar-refractivity contribution in [3.63, 3.8) is 0 Å². The van der Waals surface area contributed by atoms with Gasteiger partial charge < -0.3 is 14.4 Å². The molecule has 1 aliphatic heterocycles. The van der Waals surface area contributed by atoms with E-state index in [1.54, 1.807) is 0 Å². The van der Waals surface area contributed by atoms with Crippen LogP contribution >= 0.6 is 0 Å². The largest absolute Gasteiger partial charge is 0.462 e. The third-order valence-electron chi connectivity index (χ3n) is 5.59. The van der Waals surface area contributed by atoms with E-state index in [-0.39, 0.29) is 5.97 Å². The van der Waals surface area contributed by atoms with Crippen molar-refractivity contribution in [2.24, 2.45) is 0 Å². The summed E-state index contributed by atoms with van der Waals surface area (Å²) in [6, 6.07) is 19.4. The number of nitrogens with zero attached hydrogens (tertiary/aromatic N) is 2. The number of ether oxygens (including phenoxy) is 2. The van der Waals surface area contributed by atoms with Crippen LogP contribution in [-0.2, 0) is 19.9 Å². The van der Waals surface area contributed by atoms with Gasteiger partial charge in [-0.2, -0.15) is 0 Å². The van der Waals surface area contributed by atoms with Crippen LogP contribution in [0.5, 0.6) is 0 Å². The summed E-state index contributed by atoms with van der Waals surface area (Å²) in [5.41, 5.74) is 0.302. The maximum absolute atomic E-state index is 13.6. The quantitative estimate of drug-likeness (QED) is 0.561. The smallest absolute Gasteiger partial charge is 0.347 e. The first kappa shape index (κ1) is 22.5. The highest BCUT2D eigenvalue weighted by atomic mass is 16.6. The fourth-order valence-corrected chi connectivity index (χ4v) is 3.91. The Morgan fingerprint density at radius 3 is 2.00 bits per heavy atom. The molecule has 0 N–H and O–H groups in total. The van der Waals surface area contributed by atoms with Gasteiger partial charge in [-0.25, -0.2) is 4.79 Å². The van der Waals surface area contributed by atoms with Gasteiger partial charge in [0.2, 0.25) is 5.60 Å². The number of carbonyl (C=O) groups excluding carboxylic acids is 1. The molecule has 0 aliphatic carbocycles. The Balaban J connectivity index is 1.85. The zero-order chi connectivity index (χ0) is 21.2. The highest BCUT2D eigenvalue weighted by Crippen LogP contribution is 2.35. The molecule has 0 unspecified atom stereocenters. The van der Waals surface area contributed by atoms with Gasteiger partial charge in [-0.15, -0.1) is 0 Å². The zero-order valence-electron chi connectivity index (χ0n) is 18.3. The van der Waals surface area contributed by atoms with Crippen LogP contribution in [-0.4, -0.2) is 69.3 Å². The lowest BCUT2D eigenvalue weighted by Gasteiger charge is -2.33. The van der Waals surface area contributed by atoms with Gasteiger partial charge in [-0.05, 0) is 51.2 Å². The number of likely N-dealkylation sites (N-methyl/N-ethyl adjacent to an activating group) is 1. The molecule has 2 aromatic carbocycles. The van der Waals surface area contributed by atoms with Gasteiger partial charge in [-0.3, -0.25) is 4.90 Å². The summed E-state index contributed by atoms with van der Waals surface area (Å²) in [6.07, 6.45) is 3.74. The molecule has 0 spiro atoms. The van der Waals surface area contributed by atoms with Crippen LogP contribution in [0, 0.1) is 0 Å². The fourth-order valence-electron chi connectivity index (χ4n) is 3.91. The normalized spacial score (nSPS) is 15.3. The van der Waals surface area contributed by atoms with Gasteiger partial charge in [0.25, 0.3) is 0 Å². The van der Waals surface area contributed by atoms with E-state index in [1.165, 1.54) is 19.3 Å². The molecule has 0 saturated carbocycles. The number of rotatable bonds is 10. The van der Waals surface area contributed by atoms with Crippen LogP contribution in [0.1, 0.15) is 30.4 Å². The van der Waals surface area contributed by atoms with E-state index in [9.17, 15) is 4.79 Å². The number of hydrogen-bond acceptors (Lipinski definition) is 5. The minimum Gasteiger partial charge on any atom is -0.462 e. The molecule has 0 radical (unpaired) electrons. The maximum atomic E-state index is 13.6. The van der Waals surface area contributed by atoms with Crippen molar-refractivity contribution in [2.45, 2.75) is 24.9 Å². The van der Waals surface area contributed by atoms with Gasteiger partial charge in [0, 0.05) is 13.1 Å². The van der Waals surface area contributed by atoms with Crippen molar-refractivity contribution in [1.82, 2.24) is 9.80 Å². The number of esters is 1. The van der Waals surface area contributed by atoms with Crippen LogP contribution in [0.3, 0.4) is 0 Å². The second kappa shape index (κ2) is 11.3. The molecule has 5 heteroatoms. The second-order valence-electron chi connectivity index (χ2n) is 8.10. The first-order valence-electron chi connectivity index (χ1n) is 10.9. The Morgan fingerprint density at radius 1 is 0.900 bits per heavy atom. The van der Waals surface area contributed by atoms with E-state index in [4.69, 9.17) is 9.47 Å². The molecule has 0 aromatic heterocycles. The van der Waals surface area contributed by atoms with E-state index in [1.807, 2.05) is 79.7 Å². The monoisotopic (exact) mass is 410 g/mol. The first-order valence-corrected chi connectivity index (χ1v) is 10.9. The van der Waals surface area contributed by atoms with Gasteiger partial charge in [-0.1, -0.05) is 67.1 Å². The van der Waals surface area contributed by atoms with Gasteiger partial charge in [0.1, 0.15) is 6.61 Å². The predicted octanol–water partition coefficient (Wildman–Crippen LogP) is 3.54. The Morgan fingerprint density at radius 2 is 1.47 bits per heavy atom. The van der Waals surface area contributed by atoms with Gasteiger partial charge in [0.15, 0.2) is 0 Å². The molecular formula is C25H34N2O3. The minimum atomic E-state index is -1.28. The summed E-state index contributed by atoms with van der Waals surface area (Å²) in [5.74, 6) is -0.351. The van der Waals surface area contributed by atoms with E-state index >= 15 is 0 Å². The molecule has 2 aromatic rings. The van der Waals surface area contributed by atoms with Crippen molar-refractivity contribution in [3.05, 3.63) is 71.8 Å². The van der Waals surface area contributed by atoms with Crippen LogP contribution < -0.4 is 0 Å². The SMILES string of the molecule is CN(C)CCOC(C(=O)OCCN1CCCCC1)(c1ccccc1)c1ccccc1. The van der Waals surface area contributed by atoms with E-state index in [0.29, 0.717) is 19.8 Å². The second-order valence-corrected chi connectivity index (χ2v) is 8.10. The van der Waals surface area contributed by atoms with Crippen LogP contribution in [0.4, 0.5) is 0 Å². The average Bonchev–Trinajstić information content (AvgIpc) is 2.78. The van der Waals surface area contributed by atoms with Gasteiger partial charge >= 0.3 is 5.97 Å². The lowest BCUT2D eigenvalue weighted by atomic mass is 9.86. The van der Waals surface area contributed by atoms with E-state index < -0.39 is 5.60 Å². The number of piperidine rings is 1. The lowest BCUT2D eigenvalue weighted by Crippen LogP contribution is -2.44. The topological polar surface area (TPSA) is 42.0 Å². The summed E-state index contributed by atoms with van der Waals surface area (Å²) in [4.78, 5) is 18.0. The van der Waals surface area contributed by atoms with Crippen molar-refractivity contribution in [3.8, 4) is 0 Å². The summed E-state index contributed by atoms with van der Waals surface area (Å²) in [7, 11) is 3.99. The molecule has 0 amide bonds. The highest BCUT2D eigenvalue weighted by molar-refractivity contribution is 5.85. The van der Waals surface area contributed by atoms with Crippen LogP contribution in [0.15, 0.2) is 60.7 Å². The molecule has 162 valence electrons. The molecule has 1 saturated heterocycles. The average molecular weight is 411 g/mol. The Hall–Kier alpha value is -2.21. The van der Waals surface area contributed by atoms with Crippen molar-refractivity contribution in [1.29, 1.82) is 0 Å². The molecule has 1 heterocycles. The molecule has 1 aliphatic rings. The maximum Gasteiger partial charge on any atom is 0.347 e. The van der Waals surface area contributed by atoms with Crippen molar-refractivity contribution >= 4 is 5.97 Å². The molecule has 0 atom stereocenters. The number of likely N-dealkylation sites (tertiary alicyclic amines) is 1. The van der Waals surface area contributed by atoms with E-state index in [2.05, 4.69) is 4.90 Å². The molecule has 30 heavy (non-hydrogen) atoms. The van der Waals surface area contributed by atoms with Crippen molar-refractivity contribution < 1.29 is 14.3 Å². The third kappa shape index (κ3) is 5.69. The van der Waals surface area contributed by atoms with Crippen LogP contribution in [0.25, 0.3) is 0 Å².